The number of piperidine rings is 1. The summed E-state index contributed by atoms with van der Waals surface area (Å²) in [6.45, 7) is 4.91. The minimum absolute atomic E-state index is 0.821. The van der Waals surface area contributed by atoms with E-state index in [1.807, 2.05) is 16.8 Å². The number of aromatic nitrogens is 1. The van der Waals surface area contributed by atoms with Crippen molar-refractivity contribution in [2.45, 2.75) is 45.1 Å². The Bertz CT molecular complexity index is 359. The van der Waals surface area contributed by atoms with E-state index in [2.05, 4.69) is 16.8 Å². The Balaban J connectivity index is 1.81. The van der Waals surface area contributed by atoms with Gasteiger partial charge >= 0.3 is 0 Å². The van der Waals surface area contributed by atoms with Crippen LogP contribution in [0.25, 0.3) is 0 Å². The molecule has 0 radical (unpaired) electrons. The summed E-state index contributed by atoms with van der Waals surface area (Å²) in [6, 6.07) is 0.821. The molecule has 2 heterocycles. The molecule has 2 atom stereocenters. The zero-order valence-electron chi connectivity index (χ0n) is 9.98. The molecule has 1 aromatic heterocycles. The predicted molar refractivity (Wildman–Crippen MR) is 67.9 cm³/mol. The normalized spacial score (nSPS) is 29.8. The maximum Gasteiger partial charge on any atom is 0.0797 e. The molecule has 2 aliphatic rings. The number of nitrogens with zero attached hydrogens (tertiary/aromatic N) is 2. The number of hydrogen-bond donors (Lipinski definition) is 0. The van der Waals surface area contributed by atoms with Crippen LogP contribution in [-0.4, -0.2) is 29.0 Å². The van der Waals surface area contributed by atoms with Gasteiger partial charge in [-0.3, -0.25) is 4.90 Å². The smallest absolute Gasteiger partial charge is 0.0797 e. The lowest BCUT2D eigenvalue weighted by Gasteiger charge is -2.43. The highest BCUT2D eigenvalue weighted by molar-refractivity contribution is 7.09. The Morgan fingerprint density at radius 1 is 1.50 bits per heavy atom. The summed E-state index contributed by atoms with van der Waals surface area (Å²) in [4.78, 5) is 8.81. The molecule has 0 N–H and O–H groups in total. The van der Waals surface area contributed by atoms with Crippen LogP contribution >= 0.6 is 11.3 Å². The molecule has 0 bridgehead atoms. The number of rotatable bonds is 2. The molecule has 1 aromatic rings. The van der Waals surface area contributed by atoms with Gasteiger partial charge in [0.1, 0.15) is 0 Å². The van der Waals surface area contributed by atoms with Crippen molar-refractivity contribution in [2.24, 2.45) is 5.92 Å². The fourth-order valence-corrected chi connectivity index (χ4v) is 4.22. The second-order valence-electron chi connectivity index (χ2n) is 5.14. The molecule has 16 heavy (non-hydrogen) atoms. The molecule has 0 aromatic carbocycles. The Kier molecular flexibility index (Phi) is 2.99. The zero-order chi connectivity index (χ0) is 11.0. The topological polar surface area (TPSA) is 16.1 Å². The molecule has 1 aliphatic heterocycles. The molecule has 1 unspecified atom stereocenters. The SMILES string of the molecule is CCCN1CCC[C@H]2Cc3ncsc3CC21. The Hall–Kier alpha value is -0.410. The van der Waals surface area contributed by atoms with Crippen LogP contribution in [0.15, 0.2) is 5.51 Å². The Morgan fingerprint density at radius 3 is 3.31 bits per heavy atom. The fraction of sp³-hybridized carbons (Fsp3) is 0.769. The highest BCUT2D eigenvalue weighted by atomic mass is 32.1. The van der Waals surface area contributed by atoms with Crippen molar-refractivity contribution in [3.63, 3.8) is 0 Å². The van der Waals surface area contributed by atoms with Crippen molar-refractivity contribution in [1.29, 1.82) is 0 Å². The van der Waals surface area contributed by atoms with Gasteiger partial charge in [-0.25, -0.2) is 4.98 Å². The van der Waals surface area contributed by atoms with Gasteiger partial charge in [-0.15, -0.1) is 11.3 Å². The van der Waals surface area contributed by atoms with E-state index in [4.69, 9.17) is 0 Å². The average molecular weight is 236 g/mol. The molecule has 1 saturated heterocycles. The number of likely N-dealkylation sites (tertiary alicyclic amines) is 1. The lowest BCUT2D eigenvalue weighted by Crippen LogP contribution is -2.49. The van der Waals surface area contributed by atoms with Crippen LogP contribution < -0.4 is 0 Å². The van der Waals surface area contributed by atoms with Crippen LogP contribution in [0.5, 0.6) is 0 Å². The van der Waals surface area contributed by atoms with Crippen molar-refractivity contribution in [3.8, 4) is 0 Å². The zero-order valence-corrected chi connectivity index (χ0v) is 10.8. The van der Waals surface area contributed by atoms with Gasteiger partial charge in [0, 0.05) is 10.9 Å². The average Bonchev–Trinajstić information content (AvgIpc) is 2.74. The van der Waals surface area contributed by atoms with Crippen molar-refractivity contribution in [3.05, 3.63) is 16.1 Å². The number of hydrogen-bond acceptors (Lipinski definition) is 3. The van der Waals surface area contributed by atoms with Crippen LogP contribution in [0.1, 0.15) is 36.8 Å². The van der Waals surface area contributed by atoms with E-state index in [9.17, 15) is 0 Å². The maximum atomic E-state index is 4.52. The largest absolute Gasteiger partial charge is 0.300 e. The van der Waals surface area contributed by atoms with Crippen LogP contribution in [0.3, 0.4) is 0 Å². The highest BCUT2D eigenvalue weighted by Gasteiger charge is 2.35. The standard InChI is InChI=1S/C13H20N2S/c1-2-5-15-6-3-4-10-7-11-13(8-12(10)15)16-9-14-11/h9-10,12H,2-8H2,1H3/t10-,12?/m0/s1. The molecule has 2 nitrogen and oxygen atoms in total. The highest BCUT2D eigenvalue weighted by Crippen LogP contribution is 2.35. The third-order valence-electron chi connectivity index (χ3n) is 4.12. The molecule has 0 saturated carbocycles. The quantitative estimate of drug-likeness (QED) is 0.785. The third kappa shape index (κ3) is 1.80. The summed E-state index contributed by atoms with van der Waals surface area (Å²) in [6.07, 6.45) is 6.61. The summed E-state index contributed by atoms with van der Waals surface area (Å²) in [5, 5.41) is 0. The summed E-state index contributed by atoms with van der Waals surface area (Å²) in [5.41, 5.74) is 3.44. The van der Waals surface area contributed by atoms with E-state index in [0.29, 0.717) is 0 Å². The molecule has 3 heteroatoms. The minimum Gasteiger partial charge on any atom is -0.300 e. The summed E-state index contributed by atoms with van der Waals surface area (Å²) in [7, 11) is 0. The van der Waals surface area contributed by atoms with Crippen molar-refractivity contribution in [1.82, 2.24) is 9.88 Å². The van der Waals surface area contributed by atoms with Crippen LogP contribution in [-0.2, 0) is 12.8 Å². The summed E-state index contributed by atoms with van der Waals surface area (Å²) in [5.74, 6) is 0.884. The number of thiazole rings is 1. The van der Waals surface area contributed by atoms with Gasteiger partial charge in [-0.1, -0.05) is 6.92 Å². The van der Waals surface area contributed by atoms with E-state index in [-0.39, 0.29) is 0 Å². The van der Waals surface area contributed by atoms with Gasteiger partial charge in [0.25, 0.3) is 0 Å². The lowest BCUT2D eigenvalue weighted by molar-refractivity contribution is 0.0857. The van der Waals surface area contributed by atoms with Gasteiger partial charge in [0.2, 0.25) is 0 Å². The molecule has 1 fully saturated rings. The molecular weight excluding hydrogens is 216 g/mol. The molecule has 3 rings (SSSR count). The second kappa shape index (κ2) is 4.46. The van der Waals surface area contributed by atoms with E-state index < -0.39 is 0 Å². The molecular formula is C13H20N2S. The molecule has 88 valence electrons. The second-order valence-corrected chi connectivity index (χ2v) is 6.08. The molecule has 0 spiro atoms. The van der Waals surface area contributed by atoms with Crippen molar-refractivity contribution in [2.75, 3.05) is 13.1 Å². The van der Waals surface area contributed by atoms with Crippen molar-refractivity contribution >= 4 is 11.3 Å². The van der Waals surface area contributed by atoms with Gasteiger partial charge in [-0.05, 0) is 51.1 Å². The maximum absolute atomic E-state index is 4.52. The first kappa shape index (κ1) is 10.7. The van der Waals surface area contributed by atoms with Crippen LogP contribution in [0.4, 0.5) is 0 Å². The van der Waals surface area contributed by atoms with Crippen LogP contribution in [0, 0.1) is 5.92 Å². The summed E-state index contributed by atoms with van der Waals surface area (Å²) >= 11 is 1.86. The Morgan fingerprint density at radius 2 is 2.44 bits per heavy atom. The number of fused-ring (bicyclic) bond motifs is 2. The van der Waals surface area contributed by atoms with Gasteiger partial charge in [-0.2, -0.15) is 0 Å². The van der Waals surface area contributed by atoms with E-state index in [0.717, 1.165) is 12.0 Å². The monoisotopic (exact) mass is 236 g/mol. The lowest BCUT2D eigenvalue weighted by atomic mass is 9.79. The first-order valence-electron chi connectivity index (χ1n) is 6.53. The first-order chi connectivity index (χ1) is 7.88. The fourth-order valence-electron chi connectivity index (χ4n) is 3.38. The van der Waals surface area contributed by atoms with Gasteiger partial charge in [0.15, 0.2) is 0 Å². The van der Waals surface area contributed by atoms with E-state index in [1.54, 1.807) is 4.88 Å². The van der Waals surface area contributed by atoms with E-state index >= 15 is 0 Å². The Labute approximate surface area is 102 Å². The minimum atomic E-state index is 0.821. The van der Waals surface area contributed by atoms with Crippen molar-refractivity contribution < 1.29 is 0 Å². The third-order valence-corrected chi connectivity index (χ3v) is 5.02. The van der Waals surface area contributed by atoms with Gasteiger partial charge < -0.3 is 0 Å². The first-order valence-corrected chi connectivity index (χ1v) is 7.41. The van der Waals surface area contributed by atoms with E-state index in [1.165, 1.54) is 50.9 Å². The summed E-state index contributed by atoms with van der Waals surface area (Å²) < 4.78 is 0. The van der Waals surface area contributed by atoms with Crippen LogP contribution in [0.2, 0.25) is 0 Å². The van der Waals surface area contributed by atoms with Gasteiger partial charge in [0.05, 0.1) is 11.2 Å². The predicted octanol–water partition coefficient (Wildman–Crippen LogP) is 2.73. The molecule has 0 amide bonds. The molecule has 1 aliphatic carbocycles.